The molecular formula is C18H19NO4. The number of benzene rings is 2. The number of nitrogens with two attached hydrogens (primary N) is 1. The highest BCUT2D eigenvalue weighted by Crippen LogP contribution is 2.44. The van der Waals surface area contributed by atoms with Crippen LogP contribution in [0.4, 0.5) is 0 Å². The average molecular weight is 313 g/mol. The molecule has 0 aliphatic carbocycles. The first-order chi connectivity index (χ1) is 11.1. The van der Waals surface area contributed by atoms with E-state index in [1.807, 2.05) is 24.3 Å². The van der Waals surface area contributed by atoms with Gasteiger partial charge in [0.15, 0.2) is 11.5 Å². The van der Waals surface area contributed by atoms with Crippen LogP contribution >= 0.6 is 0 Å². The molecule has 1 unspecified atom stereocenters. The van der Waals surface area contributed by atoms with Crippen LogP contribution in [0.3, 0.4) is 0 Å². The van der Waals surface area contributed by atoms with Crippen LogP contribution in [0.1, 0.15) is 27.4 Å². The molecule has 0 aromatic heterocycles. The number of carbonyl (C=O) groups is 1. The second-order valence-electron chi connectivity index (χ2n) is 5.49. The summed E-state index contributed by atoms with van der Waals surface area (Å²) in [6.07, 6.45) is 0.752. The van der Waals surface area contributed by atoms with E-state index < -0.39 is 5.91 Å². The van der Waals surface area contributed by atoms with Gasteiger partial charge in [-0.25, -0.2) is 0 Å². The molecule has 1 aliphatic heterocycles. The minimum Gasteiger partial charge on any atom is -0.496 e. The number of primary amides is 1. The Hall–Kier alpha value is -2.69. The molecule has 2 aromatic rings. The van der Waals surface area contributed by atoms with Gasteiger partial charge in [0.05, 0.1) is 20.8 Å². The molecule has 0 spiro atoms. The molecule has 1 amide bonds. The molecule has 0 fully saturated rings. The summed E-state index contributed by atoms with van der Waals surface area (Å²) in [7, 11) is 3.21. The minimum atomic E-state index is -0.478. The molecule has 1 heterocycles. The maximum atomic E-state index is 11.5. The van der Waals surface area contributed by atoms with Crippen LogP contribution in [-0.2, 0) is 6.42 Å². The zero-order chi connectivity index (χ0) is 16.4. The number of carbonyl (C=O) groups excluding carboxylic acids is 1. The molecule has 1 atom stereocenters. The molecule has 0 bridgehead atoms. The fourth-order valence-corrected chi connectivity index (χ4v) is 2.96. The smallest absolute Gasteiger partial charge is 0.248 e. The molecular weight excluding hydrogens is 294 g/mol. The first-order valence-corrected chi connectivity index (χ1v) is 7.40. The van der Waals surface area contributed by atoms with Crippen molar-refractivity contribution in [1.82, 2.24) is 0 Å². The van der Waals surface area contributed by atoms with Crippen molar-refractivity contribution in [3.8, 4) is 17.2 Å². The number of ether oxygens (including phenoxy) is 3. The van der Waals surface area contributed by atoms with Gasteiger partial charge in [-0.05, 0) is 30.2 Å². The number of methoxy groups -OCH3 is 2. The van der Waals surface area contributed by atoms with Crippen LogP contribution in [0.2, 0.25) is 0 Å². The largest absolute Gasteiger partial charge is 0.496 e. The van der Waals surface area contributed by atoms with E-state index >= 15 is 0 Å². The fraction of sp³-hybridized carbons (Fsp3) is 0.278. The van der Waals surface area contributed by atoms with Crippen molar-refractivity contribution >= 4 is 5.91 Å². The molecule has 120 valence electrons. The molecule has 0 saturated carbocycles. The van der Waals surface area contributed by atoms with Gasteiger partial charge in [-0.15, -0.1) is 0 Å². The van der Waals surface area contributed by atoms with Crippen molar-refractivity contribution in [1.29, 1.82) is 0 Å². The van der Waals surface area contributed by atoms with Crippen LogP contribution in [0.15, 0.2) is 36.4 Å². The summed E-state index contributed by atoms with van der Waals surface area (Å²) in [4.78, 5) is 11.5. The highest BCUT2D eigenvalue weighted by atomic mass is 16.5. The van der Waals surface area contributed by atoms with E-state index in [2.05, 4.69) is 0 Å². The van der Waals surface area contributed by atoms with E-state index in [0.717, 1.165) is 23.3 Å². The van der Waals surface area contributed by atoms with Crippen molar-refractivity contribution < 1.29 is 19.0 Å². The lowest BCUT2D eigenvalue weighted by Gasteiger charge is -2.13. The number of rotatable bonds is 5. The molecule has 2 N–H and O–H groups in total. The van der Waals surface area contributed by atoms with Gasteiger partial charge in [0, 0.05) is 17.0 Å². The lowest BCUT2D eigenvalue weighted by Crippen LogP contribution is -2.12. The molecule has 1 aliphatic rings. The summed E-state index contributed by atoms with van der Waals surface area (Å²) in [6, 6.07) is 11.3. The predicted molar refractivity (Wildman–Crippen MR) is 86.4 cm³/mol. The zero-order valence-electron chi connectivity index (χ0n) is 13.2. The van der Waals surface area contributed by atoms with Gasteiger partial charge in [0.2, 0.25) is 5.91 Å². The second-order valence-corrected chi connectivity index (χ2v) is 5.49. The minimum absolute atomic E-state index is 0.120. The number of amides is 1. The maximum Gasteiger partial charge on any atom is 0.248 e. The number of hydrogen-bond donors (Lipinski definition) is 1. The third-order valence-electron chi connectivity index (χ3n) is 4.12. The quantitative estimate of drug-likeness (QED) is 0.921. The maximum absolute atomic E-state index is 11.5. The molecule has 23 heavy (non-hydrogen) atoms. The van der Waals surface area contributed by atoms with E-state index in [0.29, 0.717) is 23.7 Å². The van der Waals surface area contributed by atoms with E-state index in [-0.39, 0.29) is 5.92 Å². The average Bonchev–Trinajstić information content (AvgIpc) is 2.97. The van der Waals surface area contributed by atoms with Gasteiger partial charge in [0.1, 0.15) is 5.75 Å². The number of fused-ring (bicyclic) bond motifs is 1. The van der Waals surface area contributed by atoms with Crippen molar-refractivity contribution in [3.05, 3.63) is 53.1 Å². The Labute approximate surface area is 135 Å². The van der Waals surface area contributed by atoms with Crippen molar-refractivity contribution in [2.45, 2.75) is 12.3 Å². The molecule has 0 radical (unpaired) electrons. The standard InChI is InChI=1S/C18H19NO4/c1-21-15-6-4-3-5-11(15)7-13-10-23-17-14(13)8-12(18(19)20)9-16(17)22-2/h3-6,8-9,13H,7,10H2,1-2H3,(H2,19,20). The van der Waals surface area contributed by atoms with Gasteiger partial charge in [-0.3, -0.25) is 4.79 Å². The summed E-state index contributed by atoms with van der Waals surface area (Å²) in [5.74, 6) is 1.72. The monoisotopic (exact) mass is 313 g/mol. The van der Waals surface area contributed by atoms with Gasteiger partial charge in [-0.2, -0.15) is 0 Å². The summed E-state index contributed by atoms with van der Waals surface area (Å²) in [5.41, 5.74) is 7.89. The van der Waals surface area contributed by atoms with Crippen LogP contribution < -0.4 is 19.9 Å². The van der Waals surface area contributed by atoms with Crippen molar-refractivity contribution in [2.24, 2.45) is 5.73 Å². The molecule has 5 heteroatoms. The Kier molecular flexibility index (Phi) is 4.10. The Balaban J connectivity index is 1.97. The fourth-order valence-electron chi connectivity index (χ4n) is 2.96. The Bertz CT molecular complexity index is 742. The van der Waals surface area contributed by atoms with Crippen molar-refractivity contribution in [3.63, 3.8) is 0 Å². The van der Waals surface area contributed by atoms with E-state index in [4.69, 9.17) is 19.9 Å². The first kappa shape index (κ1) is 15.2. The van der Waals surface area contributed by atoms with Gasteiger partial charge < -0.3 is 19.9 Å². The van der Waals surface area contributed by atoms with Gasteiger partial charge in [0.25, 0.3) is 0 Å². The van der Waals surface area contributed by atoms with E-state index in [9.17, 15) is 4.79 Å². The van der Waals surface area contributed by atoms with Crippen LogP contribution in [0.25, 0.3) is 0 Å². The Morgan fingerprint density at radius 2 is 1.96 bits per heavy atom. The Morgan fingerprint density at radius 3 is 2.65 bits per heavy atom. The van der Waals surface area contributed by atoms with Crippen LogP contribution in [0.5, 0.6) is 17.2 Å². The number of hydrogen-bond acceptors (Lipinski definition) is 4. The second kappa shape index (κ2) is 6.20. The van der Waals surface area contributed by atoms with E-state index in [1.165, 1.54) is 0 Å². The topological polar surface area (TPSA) is 70.8 Å². The lowest BCUT2D eigenvalue weighted by atomic mass is 9.92. The SMILES string of the molecule is COc1ccccc1CC1COc2c(OC)cc(C(N)=O)cc21. The zero-order valence-corrected chi connectivity index (χ0v) is 13.2. The van der Waals surface area contributed by atoms with E-state index in [1.54, 1.807) is 26.4 Å². The van der Waals surface area contributed by atoms with Gasteiger partial charge in [-0.1, -0.05) is 18.2 Å². The molecule has 5 nitrogen and oxygen atoms in total. The van der Waals surface area contributed by atoms with Crippen LogP contribution in [-0.4, -0.2) is 26.7 Å². The summed E-state index contributed by atoms with van der Waals surface area (Å²) in [5, 5.41) is 0. The predicted octanol–water partition coefficient (Wildman–Crippen LogP) is 2.52. The van der Waals surface area contributed by atoms with Gasteiger partial charge >= 0.3 is 0 Å². The summed E-state index contributed by atoms with van der Waals surface area (Å²) >= 11 is 0. The Morgan fingerprint density at radius 1 is 1.22 bits per heavy atom. The van der Waals surface area contributed by atoms with Crippen LogP contribution in [0, 0.1) is 0 Å². The number of para-hydroxylation sites is 1. The summed E-state index contributed by atoms with van der Waals surface area (Å²) in [6.45, 7) is 0.534. The normalized spacial score (nSPS) is 15.7. The third kappa shape index (κ3) is 2.82. The molecule has 3 rings (SSSR count). The first-order valence-electron chi connectivity index (χ1n) is 7.40. The summed E-state index contributed by atoms with van der Waals surface area (Å²) < 4.78 is 16.5. The molecule has 2 aromatic carbocycles. The lowest BCUT2D eigenvalue weighted by molar-refractivity contribution is 0.1000. The highest BCUT2D eigenvalue weighted by Gasteiger charge is 2.29. The highest BCUT2D eigenvalue weighted by molar-refractivity contribution is 5.94. The molecule has 0 saturated heterocycles. The third-order valence-corrected chi connectivity index (χ3v) is 4.12. The van der Waals surface area contributed by atoms with Crippen molar-refractivity contribution in [2.75, 3.05) is 20.8 Å².